The van der Waals surface area contributed by atoms with E-state index in [1.165, 1.54) is 12.1 Å². The molecule has 1 aliphatic heterocycles. The number of amides is 1. The van der Waals surface area contributed by atoms with Crippen LogP contribution in [0.1, 0.15) is 28.4 Å². The van der Waals surface area contributed by atoms with Gasteiger partial charge in [-0.25, -0.2) is 4.79 Å². The van der Waals surface area contributed by atoms with E-state index >= 15 is 0 Å². The molecule has 2 aromatic rings. The molecule has 1 saturated heterocycles. The summed E-state index contributed by atoms with van der Waals surface area (Å²) in [5, 5.41) is 10.7. The molecular formula is C16H14N2O3. The van der Waals surface area contributed by atoms with Crippen LogP contribution >= 0.6 is 0 Å². The number of nitrogens with one attached hydrogen (secondary N) is 1. The highest BCUT2D eigenvalue weighted by atomic mass is 16.4. The Kier molecular flexibility index (Phi) is 3.31. The van der Waals surface area contributed by atoms with Crippen LogP contribution in [0.25, 0.3) is 0 Å². The van der Waals surface area contributed by atoms with E-state index in [1.54, 1.807) is 17.1 Å². The van der Waals surface area contributed by atoms with E-state index < -0.39 is 5.97 Å². The van der Waals surface area contributed by atoms with Crippen molar-refractivity contribution in [2.75, 3.05) is 5.01 Å². The first kappa shape index (κ1) is 13.2. The number of anilines is 1. The standard InChI is InChI=1S/C16H14N2O3/c19-15-10-14(11-4-2-1-3-5-11)18(17-15)13-8-6-12(7-9-13)16(20)21/h1-9,14H,10H2,(H,17,19)(H,20,21). The van der Waals surface area contributed by atoms with Gasteiger partial charge < -0.3 is 5.11 Å². The van der Waals surface area contributed by atoms with Crippen LogP contribution in [0.5, 0.6) is 0 Å². The Morgan fingerprint density at radius 2 is 1.76 bits per heavy atom. The third-order valence-corrected chi connectivity index (χ3v) is 3.51. The Labute approximate surface area is 121 Å². The first-order valence-corrected chi connectivity index (χ1v) is 6.62. The van der Waals surface area contributed by atoms with E-state index in [0.717, 1.165) is 11.3 Å². The van der Waals surface area contributed by atoms with Gasteiger partial charge in [-0.15, -0.1) is 0 Å². The lowest BCUT2D eigenvalue weighted by atomic mass is 10.0. The Bertz CT molecular complexity index is 668. The largest absolute Gasteiger partial charge is 0.478 e. The second kappa shape index (κ2) is 5.28. The van der Waals surface area contributed by atoms with Crippen LogP contribution in [0.4, 0.5) is 5.69 Å². The summed E-state index contributed by atoms with van der Waals surface area (Å²) in [6, 6.07) is 16.1. The zero-order chi connectivity index (χ0) is 14.8. The summed E-state index contributed by atoms with van der Waals surface area (Å²) in [5.41, 5.74) is 4.84. The molecule has 1 unspecified atom stereocenters. The molecule has 3 rings (SSSR count). The molecule has 21 heavy (non-hydrogen) atoms. The number of hydrogen-bond donors (Lipinski definition) is 2. The van der Waals surface area contributed by atoms with Gasteiger partial charge in [-0.3, -0.25) is 15.2 Å². The SMILES string of the molecule is O=C1CC(c2ccccc2)N(c2ccc(C(=O)O)cc2)N1. The Balaban J connectivity index is 1.92. The van der Waals surface area contributed by atoms with Gasteiger partial charge in [0.1, 0.15) is 0 Å². The Morgan fingerprint density at radius 3 is 2.38 bits per heavy atom. The smallest absolute Gasteiger partial charge is 0.335 e. The second-order valence-electron chi connectivity index (χ2n) is 4.89. The van der Waals surface area contributed by atoms with Crippen molar-refractivity contribution in [2.45, 2.75) is 12.5 Å². The van der Waals surface area contributed by atoms with Crippen LogP contribution in [-0.4, -0.2) is 17.0 Å². The number of hydrazine groups is 1. The van der Waals surface area contributed by atoms with Gasteiger partial charge in [-0.1, -0.05) is 30.3 Å². The predicted octanol–water partition coefficient (Wildman–Crippen LogP) is 2.37. The highest BCUT2D eigenvalue weighted by Gasteiger charge is 2.31. The molecule has 1 fully saturated rings. The zero-order valence-corrected chi connectivity index (χ0v) is 11.2. The van der Waals surface area contributed by atoms with Gasteiger partial charge >= 0.3 is 5.97 Å². The van der Waals surface area contributed by atoms with E-state index in [9.17, 15) is 9.59 Å². The van der Waals surface area contributed by atoms with Crippen molar-refractivity contribution in [2.24, 2.45) is 0 Å². The monoisotopic (exact) mass is 282 g/mol. The van der Waals surface area contributed by atoms with E-state index in [4.69, 9.17) is 5.11 Å². The molecule has 106 valence electrons. The fourth-order valence-corrected chi connectivity index (χ4v) is 2.48. The van der Waals surface area contributed by atoms with Crippen LogP contribution in [0, 0.1) is 0 Å². The lowest BCUT2D eigenvalue weighted by molar-refractivity contribution is -0.119. The van der Waals surface area contributed by atoms with Gasteiger partial charge in [0.25, 0.3) is 0 Å². The van der Waals surface area contributed by atoms with E-state index in [-0.39, 0.29) is 17.5 Å². The Morgan fingerprint density at radius 1 is 1.10 bits per heavy atom. The van der Waals surface area contributed by atoms with Gasteiger partial charge in [0.15, 0.2) is 0 Å². The molecule has 0 saturated carbocycles. The van der Waals surface area contributed by atoms with Crippen LogP contribution in [0.2, 0.25) is 0 Å². The summed E-state index contributed by atoms with van der Waals surface area (Å²) in [5.74, 6) is -1.02. The lowest BCUT2D eigenvalue weighted by Crippen LogP contribution is -2.34. The number of benzene rings is 2. The fourth-order valence-electron chi connectivity index (χ4n) is 2.48. The predicted molar refractivity (Wildman–Crippen MR) is 77.8 cm³/mol. The first-order valence-electron chi connectivity index (χ1n) is 6.62. The van der Waals surface area contributed by atoms with E-state index in [2.05, 4.69) is 5.43 Å². The number of carbonyl (C=O) groups is 2. The fraction of sp³-hybridized carbons (Fsp3) is 0.125. The number of carboxylic acids is 1. The third kappa shape index (κ3) is 2.58. The van der Waals surface area contributed by atoms with Gasteiger partial charge in [0, 0.05) is 0 Å². The average molecular weight is 282 g/mol. The van der Waals surface area contributed by atoms with E-state index in [0.29, 0.717) is 6.42 Å². The highest BCUT2D eigenvalue weighted by Crippen LogP contribution is 2.32. The highest BCUT2D eigenvalue weighted by molar-refractivity contribution is 5.88. The van der Waals surface area contributed by atoms with Crippen molar-refractivity contribution in [3.05, 3.63) is 65.7 Å². The van der Waals surface area contributed by atoms with Crippen LogP contribution < -0.4 is 10.4 Å². The zero-order valence-electron chi connectivity index (χ0n) is 11.2. The minimum Gasteiger partial charge on any atom is -0.478 e. The molecule has 1 amide bonds. The number of nitrogens with zero attached hydrogens (tertiary/aromatic N) is 1. The number of carboxylic acid groups (broad SMARTS) is 1. The summed E-state index contributed by atoms with van der Waals surface area (Å²) in [6.45, 7) is 0. The number of aromatic carboxylic acids is 1. The summed E-state index contributed by atoms with van der Waals surface area (Å²) in [6.07, 6.45) is 0.380. The second-order valence-corrected chi connectivity index (χ2v) is 4.89. The normalized spacial score (nSPS) is 17.6. The molecule has 2 aromatic carbocycles. The number of carbonyl (C=O) groups excluding carboxylic acids is 1. The van der Waals surface area contributed by atoms with Crippen molar-refractivity contribution in [1.82, 2.24) is 5.43 Å². The minimum absolute atomic E-state index is 0.0498. The van der Waals surface area contributed by atoms with Gasteiger partial charge in [-0.2, -0.15) is 0 Å². The molecule has 1 atom stereocenters. The molecule has 0 bridgehead atoms. The molecule has 0 aromatic heterocycles. The Hall–Kier alpha value is -2.82. The summed E-state index contributed by atoms with van der Waals surface area (Å²) < 4.78 is 0. The maximum Gasteiger partial charge on any atom is 0.335 e. The molecule has 5 heteroatoms. The van der Waals surface area contributed by atoms with Gasteiger partial charge in [0.05, 0.1) is 23.7 Å². The summed E-state index contributed by atoms with van der Waals surface area (Å²) in [7, 11) is 0. The number of hydrogen-bond acceptors (Lipinski definition) is 3. The molecule has 5 nitrogen and oxygen atoms in total. The van der Waals surface area contributed by atoms with Crippen LogP contribution in [0.3, 0.4) is 0 Å². The average Bonchev–Trinajstić information content (AvgIpc) is 2.90. The molecule has 0 radical (unpaired) electrons. The molecule has 1 heterocycles. The van der Waals surface area contributed by atoms with E-state index in [1.807, 2.05) is 30.3 Å². The lowest BCUT2D eigenvalue weighted by Gasteiger charge is -2.25. The molecule has 0 aliphatic carbocycles. The topological polar surface area (TPSA) is 69.6 Å². The molecule has 1 aliphatic rings. The first-order chi connectivity index (χ1) is 10.1. The molecule has 2 N–H and O–H groups in total. The van der Waals surface area contributed by atoms with Gasteiger partial charge in [0.2, 0.25) is 5.91 Å². The summed E-state index contributed by atoms with van der Waals surface area (Å²) in [4.78, 5) is 22.6. The molecule has 0 spiro atoms. The van der Waals surface area contributed by atoms with Crippen LogP contribution in [-0.2, 0) is 4.79 Å². The van der Waals surface area contributed by atoms with Crippen molar-refractivity contribution in [3.8, 4) is 0 Å². The number of rotatable bonds is 3. The van der Waals surface area contributed by atoms with Crippen molar-refractivity contribution in [1.29, 1.82) is 0 Å². The minimum atomic E-state index is -0.966. The summed E-state index contributed by atoms with van der Waals surface area (Å²) >= 11 is 0. The van der Waals surface area contributed by atoms with Gasteiger partial charge in [-0.05, 0) is 29.8 Å². The quantitative estimate of drug-likeness (QED) is 0.906. The van der Waals surface area contributed by atoms with Crippen LogP contribution in [0.15, 0.2) is 54.6 Å². The van der Waals surface area contributed by atoms with Crippen molar-refractivity contribution in [3.63, 3.8) is 0 Å². The van der Waals surface area contributed by atoms with Crippen molar-refractivity contribution >= 4 is 17.6 Å². The maximum atomic E-state index is 11.7. The molecular weight excluding hydrogens is 268 g/mol. The third-order valence-electron chi connectivity index (χ3n) is 3.51. The van der Waals surface area contributed by atoms with Crippen molar-refractivity contribution < 1.29 is 14.7 Å². The maximum absolute atomic E-state index is 11.7.